The molecule has 3 rings (SSSR count). The maximum absolute atomic E-state index is 13.5. The Hall–Kier alpha value is -2.47. The Morgan fingerprint density at radius 1 is 1.17 bits per heavy atom. The number of halogens is 2. The first kappa shape index (κ1) is 16.4. The second kappa shape index (κ2) is 7.40. The molecular formula is C17H16ClFN2O3. The molecule has 1 aliphatic rings. The van der Waals surface area contributed by atoms with Crippen molar-refractivity contribution in [2.45, 2.75) is 6.54 Å². The van der Waals surface area contributed by atoms with E-state index in [0.717, 1.165) is 0 Å². The smallest absolute Gasteiger partial charge is 0.239 e. The summed E-state index contributed by atoms with van der Waals surface area (Å²) in [7, 11) is 0. The lowest BCUT2D eigenvalue weighted by Gasteiger charge is -2.20. The van der Waals surface area contributed by atoms with Gasteiger partial charge in [-0.2, -0.15) is 0 Å². The van der Waals surface area contributed by atoms with Crippen LogP contribution < -0.4 is 20.1 Å². The van der Waals surface area contributed by atoms with E-state index in [1.54, 1.807) is 30.3 Å². The third kappa shape index (κ3) is 3.89. The van der Waals surface area contributed by atoms with Crippen LogP contribution in [0.4, 0.5) is 10.1 Å². The van der Waals surface area contributed by atoms with Gasteiger partial charge in [-0.3, -0.25) is 4.79 Å². The molecule has 0 saturated heterocycles. The van der Waals surface area contributed by atoms with E-state index < -0.39 is 0 Å². The summed E-state index contributed by atoms with van der Waals surface area (Å²) in [4.78, 5) is 11.9. The van der Waals surface area contributed by atoms with Crippen LogP contribution in [0.3, 0.4) is 0 Å². The normalized spacial score (nSPS) is 12.6. The van der Waals surface area contributed by atoms with Gasteiger partial charge in [-0.15, -0.1) is 0 Å². The highest BCUT2D eigenvalue weighted by molar-refractivity contribution is 6.33. The molecule has 24 heavy (non-hydrogen) atoms. The SMILES string of the molecule is O=C(CNc1cc2c(cc1Cl)OCCO2)NCc1ccccc1F. The van der Waals surface area contributed by atoms with Gasteiger partial charge in [0.2, 0.25) is 5.91 Å². The van der Waals surface area contributed by atoms with Crippen LogP contribution in [0, 0.1) is 5.82 Å². The first-order chi connectivity index (χ1) is 11.6. The van der Waals surface area contributed by atoms with Crippen LogP contribution in [-0.2, 0) is 11.3 Å². The van der Waals surface area contributed by atoms with E-state index in [-0.39, 0.29) is 24.8 Å². The van der Waals surface area contributed by atoms with Crippen molar-refractivity contribution in [2.75, 3.05) is 25.1 Å². The van der Waals surface area contributed by atoms with Crippen molar-refractivity contribution in [2.24, 2.45) is 0 Å². The van der Waals surface area contributed by atoms with Crippen molar-refractivity contribution in [3.05, 3.63) is 52.8 Å². The highest BCUT2D eigenvalue weighted by atomic mass is 35.5. The summed E-state index contributed by atoms with van der Waals surface area (Å²) in [5, 5.41) is 6.02. The van der Waals surface area contributed by atoms with Gasteiger partial charge >= 0.3 is 0 Å². The Bertz CT molecular complexity index is 755. The van der Waals surface area contributed by atoms with Crippen molar-refractivity contribution < 1.29 is 18.7 Å². The van der Waals surface area contributed by atoms with Crippen molar-refractivity contribution in [1.29, 1.82) is 0 Å². The minimum Gasteiger partial charge on any atom is -0.486 e. The quantitative estimate of drug-likeness (QED) is 0.870. The van der Waals surface area contributed by atoms with Crippen LogP contribution in [0.2, 0.25) is 5.02 Å². The lowest BCUT2D eigenvalue weighted by Crippen LogP contribution is -2.29. The second-order valence-electron chi connectivity index (χ2n) is 5.20. The van der Waals surface area contributed by atoms with Gasteiger partial charge in [0.05, 0.1) is 17.3 Å². The average Bonchev–Trinajstić information content (AvgIpc) is 2.59. The first-order valence-electron chi connectivity index (χ1n) is 7.46. The minimum absolute atomic E-state index is 0.00775. The minimum atomic E-state index is -0.347. The zero-order valence-electron chi connectivity index (χ0n) is 12.8. The van der Waals surface area contributed by atoms with E-state index in [4.69, 9.17) is 21.1 Å². The number of nitrogens with one attached hydrogen (secondary N) is 2. The van der Waals surface area contributed by atoms with Gasteiger partial charge in [-0.25, -0.2) is 4.39 Å². The Labute approximate surface area is 143 Å². The van der Waals surface area contributed by atoms with E-state index >= 15 is 0 Å². The Morgan fingerprint density at radius 3 is 2.62 bits per heavy atom. The van der Waals surface area contributed by atoms with Crippen molar-refractivity contribution in [3.63, 3.8) is 0 Å². The highest BCUT2D eigenvalue weighted by Crippen LogP contribution is 2.37. The molecule has 7 heteroatoms. The molecule has 1 aliphatic heterocycles. The number of hydrogen-bond donors (Lipinski definition) is 2. The molecule has 1 amide bonds. The molecule has 0 spiro atoms. The molecule has 5 nitrogen and oxygen atoms in total. The monoisotopic (exact) mass is 350 g/mol. The zero-order valence-corrected chi connectivity index (χ0v) is 13.5. The van der Waals surface area contributed by atoms with E-state index in [0.29, 0.717) is 41.0 Å². The molecular weight excluding hydrogens is 335 g/mol. The number of benzene rings is 2. The fourth-order valence-electron chi connectivity index (χ4n) is 2.27. The van der Waals surface area contributed by atoms with Gasteiger partial charge < -0.3 is 20.1 Å². The lowest BCUT2D eigenvalue weighted by molar-refractivity contribution is -0.119. The third-order valence-corrected chi connectivity index (χ3v) is 3.82. The number of hydrogen-bond acceptors (Lipinski definition) is 4. The Kier molecular flexibility index (Phi) is 5.05. The van der Waals surface area contributed by atoms with E-state index in [9.17, 15) is 9.18 Å². The van der Waals surface area contributed by atoms with Gasteiger partial charge in [0.25, 0.3) is 0 Å². The Balaban J connectivity index is 1.55. The van der Waals surface area contributed by atoms with Gasteiger partial charge in [-0.05, 0) is 6.07 Å². The van der Waals surface area contributed by atoms with Gasteiger partial charge in [-0.1, -0.05) is 29.8 Å². The highest BCUT2D eigenvalue weighted by Gasteiger charge is 2.15. The average molecular weight is 351 g/mol. The Morgan fingerprint density at radius 2 is 1.88 bits per heavy atom. The first-order valence-corrected chi connectivity index (χ1v) is 7.84. The molecule has 0 aromatic heterocycles. The summed E-state index contributed by atoms with van der Waals surface area (Å²) < 4.78 is 24.4. The predicted octanol–water partition coefficient (Wildman–Crippen LogP) is 2.98. The van der Waals surface area contributed by atoms with Crippen LogP contribution in [0.1, 0.15) is 5.56 Å². The van der Waals surface area contributed by atoms with Gasteiger partial charge in [0.1, 0.15) is 19.0 Å². The van der Waals surface area contributed by atoms with Gasteiger partial charge in [0, 0.05) is 24.2 Å². The van der Waals surface area contributed by atoms with Crippen LogP contribution >= 0.6 is 11.6 Å². The zero-order chi connectivity index (χ0) is 16.9. The van der Waals surface area contributed by atoms with Crippen LogP contribution in [0.25, 0.3) is 0 Å². The summed E-state index contributed by atoms with van der Waals surface area (Å²) in [6.07, 6.45) is 0. The maximum atomic E-state index is 13.5. The summed E-state index contributed by atoms with van der Waals surface area (Å²) in [5.74, 6) is 0.547. The summed E-state index contributed by atoms with van der Waals surface area (Å²) in [6.45, 7) is 1.08. The van der Waals surface area contributed by atoms with E-state index in [2.05, 4.69) is 10.6 Å². The van der Waals surface area contributed by atoms with Gasteiger partial charge in [0.15, 0.2) is 11.5 Å². The van der Waals surface area contributed by atoms with Crippen molar-refractivity contribution in [1.82, 2.24) is 5.32 Å². The maximum Gasteiger partial charge on any atom is 0.239 e. The summed E-state index contributed by atoms with van der Waals surface area (Å²) in [5.41, 5.74) is 1.00. The van der Waals surface area contributed by atoms with Crippen LogP contribution in [0.5, 0.6) is 11.5 Å². The number of carbonyl (C=O) groups is 1. The molecule has 0 aliphatic carbocycles. The predicted molar refractivity (Wildman–Crippen MR) is 89.2 cm³/mol. The molecule has 0 atom stereocenters. The second-order valence-corrected chi connectivity index (χ2v) is 5.60. The van der Waals surface area contributed by atoms with E-state index in [1.165, 1.54) is 6.07 Å². The standard InChI is InChI=1S/C17H16ClFN2O3/c18-12-7-15-16(24-6-5-23-15)8-14(12)20-10-17(22)21-9-11-3-1-2-4-13(11)19/h1-4,7-8,20H,5-6,9-10H2,(H,21,22). The molecule has 0 saturated carbocycles. The molecule has 2 N–H and O–H groups in total. The number of ether oxygens (including phenoxy) is 2. The van der Waals surface area contributed by atoms with E-state index in [1.807, 2.05) is 0 Å². The molecule has 2 aromatic rings. The van der Waals surface area contributed by atoms with Crippen LogP contribution in [0.15, 0.2) is 36.4 Å². The molecule has 0 bridgehead atoms. The molecule has 0 unspecified atom stereocenters. The fraction of sp³-hybridized carbons (Fsp3) is 0.235. The molecule has 2 aromatic carbocycles. The topological polar surface area (TPSA) is 59.6 Å². The summed E-state index contributed by atoms with van der Waals surface area (Å²) >= 11 is 6.16. The molecule has 126 valence electrons. The molecule has 1 heterocycles. The van der Waals surface area contributed by atoms with Crippen LogP contribution in [-0.4, -0.2) is 25.7 Å². The third-order valence-electron chi connectivity index (χ3n) is 3.51. The molecule has 0 fully saturated rings. The fourth-order valence-corrected chi connectivity index (χ4v) is 2.49. The van der Waals surface area contributed by atoms with Crippen molar-refractivity contribution >= 4 is 23.2 Å². The van der Waals surface area contributed by atoms with Crippen molar-refractivity contribution in [3.8, 4) is 11.5 Å². The largest absolute Gasteiger partial charge is 0.486 e. The lowest BCUT2D eigenvalue weighted by atomic mass is 10.2. The number of anilines is 1. The summed E-state index contributed by atoms with van der Waals surface area (Å²) in [6, 6.07) is 9.65. The number of amides is 1. The molecule has 0 radical (unpaired) electrons. The number of fused-ring (bicyclic) bond motifs is 1. The number of rotatable bonds is 5. The number of carbonyl (C=O) groups excluding carboxylic acids is 1.